The quantitative estimate of drug-likeness (QED) is 0.222. The number of aryl methyl sites for hydroxylation is 4. The van der Waals surface area contributed by atoms with Gasteiger partial charge in [0.25, 0.3) is 0 Å². The Morgan fingerprint density at radius 1 is 0.676 bits per heavy atom. The minimum absolute atomic E-state index is 0.217. The molecule has 196 valence electrons. The van der Waals surface area contributed by atoms with Crippen LogP contribution in [0.3, 0.4) is 0 Å². The average molecular weight is 622 g/mol. The Morgan fingerprint density at radius 3 is 1.54 bits per heavy atom. The standard InChI is InChI=1S/C21H21N2O2S.C9H12.ClH.Ru/c1-16-12-14-19(15-13-16)26(24,25)23-21(18-10-6-3-7-11-18)20(22)17-8-4-2-5-9-17;1-7-4-8(2)6-9(3)5-7;;/h2-15,20-21H,22H2,1H3;4-6H,1-3H3;1H;/q-1;;;+2/p-1. The van der Waals surface area contributed by atoms with Crippen LogP contribution in [0.2, 0.25) is 0 Å². The van der Waals surface area contributed by atoms with Crippen LogP contribution < -0.4 is 5.73 Å². The van der Waals surface area contributed by atoms with E-state index < -0.39 is 38.5 Å². The summed E-state index contributed by atoms with van der Waals surface area (Å²) in [6.07, 6.45) is 0. The summed E-state index contributed by atoms with van der Waals surface area (Å²) in [5.41, 5.74) is 13.3. The van der Waals surface area contributed by atoms with Gasteiger partial charge in [0.2, 0.25) is 0 Å². The van der Waals surface area contributed by atoms with Gasteiger partial charge in [-0.25, -0.2) is 0 Å². The summed E-state index contributed by atoms with van der Waals surface area (Å²) >= 11 is -1.13. The minimum atomic E-state index is -3.81. The molecular weight excluding hydrogens is 589 g/mol. The number of nitrogens with two attached hydrogens (primary N) is 1. The number of nitrogens with zero attached hydrogens (tertiary/aromatic N) is 1. The molecule has 0 aliphatic rings. The number of halogens is 1. The summed E-state index contributed by atoms with van der Waals surface area (Å²) in [5.74, 6) is 0. The molecule has 0 saturated heterocycles. The van der Waals surface area contributed by atoms with Gasteiger partial charge in [-0.15, -0.1) is 0 Å². The molecule has 0 aliphatic carbocycles. The number of benzene rings is 4. The fourth-order valence-corrected chi connectivity index (χ4v) is 8.80. The van der Waals surface area contributed by atoms with E-state index in [9.17, 15) is 8.42 Å². The zero-order valence-corrected chi connectivity index (χ0v) is 24.8. The molecule has 0 aliphatic heterocycles. The Balaban J connectivity index is 0.000000356. The van der Waals surface area contributed by atoms with Crippen molar-refractivity contribution in [1.29, 1.82) is 0 Å². The van der Waals surface area contributed by atoms with E-state index >= 15 is 0 Å². The molecule has 4 aromatic rings. The third-order valence-corrected chi connectivity index (χ3v) is 11.0. The molecule has 2 N–H and O–H groups in total. The summed E-state index contributed by atoms with van der Waals surface area (Å²) < 4.78 is 28.2. The number of hydrogen-bond donors (Lipinski definition) is 1. The van der Waals surface area contributed by atoms with E-state index in [4.69, 9.17) is 15.4 Å². The van der Waals surface area contributed by atoms with Crippen LogP contribution >= 0.6 is 9.69 Å². The molecular formula is C30H33ClN2O2RuS. The van der Waals surface area contributed by atoms with E-state index in [1.807, 2.05) is 67.6 Å². The van der Waals surface area contributed by atoms with Crippen molar-refractivity contribution in [2.24, 2.45) is 5.73 Å². The van der Waals surface area contributed by atoms with Gasteiger partial charge in [-0.3, -0.25) is 0 Å². The van der Waals surface area contributed by atoms with Gasteiger partial charge in [0.1, 0.15) is 0 Å². The molecule has 2 atom stereocenters. The van der Waals surface area contributed by atoms with Crippen LogP contribution in [0.15, 0.2) is 108 Å². The molecule has 0 amide bonds. The Labute approximate surface area is 233 Å². The maximum absolute atomic E-state index is 13.4. The number of sulfonamides is 1. The molecule has 7 heteroatoms. The molecule has 0 spiro atoms. The first-order valence-electron chi connectivity index (χ1n) is 11.9. The molecule has 0 heterocycles. The van der Waals surface area contributed by atoms with Crippen LogP contribution in [0.25, 0.3) is 0 Å². The number of hydrogen-bond acceptors (Lipinski definition) is 3. The van der Waals surface area contributed by atoms with Gasteiger partial charge >= 0.3 is 179 Å². The normalized spacial score (nSPS) is 13.1. The zero-order chi connectivity index (χ0) is 27.0. The second-order valence-corrected chi connectivity index (χ2v) is 13.2. The van der Waals surface area contributed by atoms with Crippen molar-refractivity contribution in [2.75, 3.05) is 0 Å². The van der Waals surface area contributed by atoms with Gasteiger partial charge < -0.3 is 0 Å². The first kappa shape index (κ1) is 29.2. The summed E-state index contributed by atoms with van der Waals surface area (Å²) in [6, 6.07) is 31.1. The van der Waals surface area contributed by atoms with Gasteiger partial charge in [0, 0.05) is 0 Å². The van der Waals surface area contributed by atoms with Crippen LogP contribution in [-0.2, 0) is 26.4 Å². The molecule has 4 aromatic carbocycles. The fourth-order valence-electron chi connectivity index (χ4n) is 4.18. The topological polar surface area (TPSA) is 63.4 Å². The number of rotatable bonds is 7. The van der Waals surface area contributed by atoms with Crippen molar-refractivity contribution in [3.63, 3.8) is 0 Å². The third kappa shape index (κ3) is 7.83. The van der Waals surface area contributed by atoms with E-state index in [-0.39, 0.29) is 4.90 Å². The molecule has 0 aromatic heterocycles. The molecule has 2 unspecified atom stereocenters. The van der Waals surface area contributed by atoms with Gasteiger partial charge in [-0.2, -0.15) is 0 Å². The molecule has 0 saturated carbocycles. The molecule has 0 fully saturated rings. The van der Waals surface area contributed by atoms with Gasteiger partial charge in [-0.05, 0) is 20.8 Å². The second-order valence-electron chi connectivity index (χ2n) is 9.07. The predicted molar refractivity (Wildman–Crippen MR) is 149 cm³/mol. The van der Waals surface area contributed by atoms with Crippen molar-refractivity contribution < 1.29 is 24.8 Å². The Bertz CT molecular complexity index is 1330. The zero-order valence-electron chi connectivity index (χ0n) is 21.5. The summed E-state index contributed by atoms with van der Waals surface area (Å²) in [6.45, 7) is 8.29. The van der Waals surface area contributed by atoms with Crippen molar-refractivity contribution >= 4 is 19.7 Å². The van der Waals surface area contributed by atoms with Gasteiger partial charge in [-0.1, -0.05) is 34.9 Å². The van der Waals surface area contributed by atoms with Crippen LogP contribution in [0.5, 0.6) is 0 Å². The van der Waals surface area contributed by atoms with E-state index in [0.717, 1.165) is 16.7 Å². The van der Waals surface area contributed by atoms with Crippen LogP contribution in [0.4, 0.5) is 0 Å². The first-order valence-corrected chi connectivity index (χ1v) is 16.3. The van der Waals surface area contributed by atoms with Crippen LogP contribution in [-0.4, -0.2) is 11.5 Å². The molecule has 4 rings (SSSR count). The van der Waals surface area contributed by atoms with E-state index in [1.165, 1.54) is 19.7 Å². The van der Waals surface area contributed by atoms with E-state index in [0.29, 0.717) is 0 Å². The predicted octanol–water partition coefficient (Wildman–Crippen LogP) is 7.19. The average Bonchev–Trinajstić information content (AvgIpc) is 2.87. The summed E-state index contributed by atoms with van der Waals surface area (Å²) in [7, 11) is 2.48. The van der Waals surface area contributed by atoms with Crippen molar-refractivity contribution in [1.82, 2.24) is 3.05 Å². The summed E-state index contributed by atoms with van der Waals surface area (Å²) in [5, 5.41) is 0. The molecule has 0 bridgehead atoms. The Hall–Kier alpha value is -2.34. The molecule has 0 radical (unpaired) electrons. The van der Waals surface area contributed by atoms with Crippen LogP contribution in [0, 0.1) is 27.7 Å². The summed E-state index contributed by atoms with van der Waals surface area (Å²) in [4.78, 5) is 0.217. The third-order valence-electron chi connectivity index (χ3n) is 5.85. The van der Waals surface area contributed by atoms with Gasteiger partial charge in [0.15, 0.2) is 0 Å². The monoisotopic (exact) mass is 622 g/mol. The Kier molecular flexibility index (Phi) is 10.6. The fraction of sp³-hybridized carbons (Fsp3) is 0.200. The SMILES string of the molecule is Cc1cc(C)cc(C)c1.Cc1ccc(S(=O)(=O)[N]([Ru][Cl])C(c2ccccc2)C(N)c2ccccc2)cc1. The van der Waals surface area contributed by atoms with Crippen LogP contribution in [0.1, 0.15) is 45.5 Å². The Morgan fingerprint density at radius 2 is 1.11 bits per heavy atom. The van der Waals surface area contributed by atoms with E-state index in [2.05, 4.69) is 39.0 Å². The maximum atomic E-state index is 13.4. The molecule has 37 heavy (non-hydrogen) atoms. The van der Waals surface area contributed by atoms with E-state index in [1.54, 1.807) is 24.3 Å². The van der Waals surface area contributed by atoms with Crippen molar-refractivity contribution in [3.05, 3.63) is 137 Å². The van der Waals surface area contributed by atoms with Crippen molar-refractivity contribution in [3.8, 4) is 0 Å². The molecule has 4 nitrogen and oxygen atoms in total. The van der Waals surface area contributed by atoms with Gasteiger partial charge in [0.05, 0.1) is 0 Å². The second kappa shape index (κ2) is 13.5. The van der Waals surface area contributed by atoms with Crippen molar-refractivity contribution in [2.45, 2.75) is 44.7 Å². The first-order chi connectivity index (χ1) is 17.6.